The van der Waals surface area contributed by atoms with Gasteiger partial charge < -0.3 is 5.32 Å². The molecule has 5 nitrogen and oxygen atoms in total. The predicted molar refractivity (Wildman–Crippen MR) is 99.7 cm³/mol. The van der Waals surface area contributed by atoms with E-state index in [4.69, 9.17) is 11.6 Å². The van der Waals surface area contributed by atoms with Crippen LogP contribution >= 0.6 is 11.6 Å². The minimum atomic E-state index is -0.782. The highest BCUT2D eigenvalue weighted by Gasteiger charge is 2.24. The lowest BCUT2D eigenvalue weighted by molar-refractivity contribution is -0.123. The van der Waals surface area contributed by atoms with Crippen LogP contribution in [0.4, 0.5) is 4.39 Å². The van der Waals surface area contributed by atoms with Crippen LogP contribution in [0.2, 0.25) is 5.02 Å². The van der Waals surface area contributed by atoms with Gasteiger partial charge in [0.2, 0.25) is 0 Å². The minimum absolute atomic E-state index is 0.162. The van der Waals surface area contributed by atoms with Crippen LogP contribution in [0.15, 0.2) is 53.6 Å². The summed E-state index contributed by atoms with van der Waals surface area (Å²) in [6.07, 6.45) is 1.48. The van der Waals surface area contributed by atoms with Crippen molar-refractivity contribution in [2.24, 2.45) is 11.0 Å². The highest BCUT2D eigenvalue weighted by Crippen LogP contribution is 2.08. The summed E-state index contributed by atoms with van der Waals surface area (Å²) in [5.74, 6) is -1.50. The number of rotatable bonds is 6. The van der Waals surface area contributed by atoms with Gasteiger partial charge >= 0.3 is 0 Å². The number of benzene rings is 2. The van der Waals surface area contributed by atoms with Crippen molar-refractivity contribution in [2.45, 2.75) is 19.9 Å². The Morgan fingerprint density at radius 1 is 1.08 bits per heavy atom. The number of halogens is 2. The Bertz CT molecular complexity index is 789. The molecule has 0 bridgehead atoms. The first-order chi connectivity index (χ1) is 12.4. The Morgan fingerprint density at radius 2 is 1.69 bits per heavy atom. The van der Waals surface area contributed by atoms with Crippen molar-refractivity contribution < 1.29 is 14.0 Å². The van der Waals surface area contributed by atoms with Crippen LogP contribution < -0.4 is 10.7 Å². The molecular weight excluding hydrogens is 357 g/mol. The van der Waals surface area contributed by atoms with E-state index in [1.54, 1.807) is 38.1 Å². The number of amides is 2. The third kappa shape index (κ3) is 5.67. The van der Waals surface area contributed by atoms with Gasteiger partial charge in [-0.2, -0.15) is 5.10 Å². The Labute approximate surface area is 156 Å². The van der Waals surface area contributed by atoms with E-state index in [0.29, 0.717) is 5.02 Å². The fourth-order valence-electron chi connectivity index (χ4n) is 2.15. The zero-order valence-electron chi connectivity index (χ0n) is 14.4. The highest BCUT2D eigenvalue weighted by molar-refractivity contribution is 6.30. The molecule has 2 amide bonds. The second kappa shape index (κ2) is 9.10. The molecule has 0 aromatic heterocycles. The Hall–Kier alpha value is -2.73. The molecule has 2 rings (SSSR count). The summed E-state index contributed by atoms with van der Waals surface area (Å²) in [6.45, 7) is 3.61. The fraction of sp³-hybridized carbons (Fsp3) is 0.211. The number of hydrogen-bond donors (Lipinski definition) is 2. The van der Waals surface area contributed by atoms with Gasteiger partial charge in [-0.25, -0.2) is 9.82 Å². The van der Waals surface area contributed by atoms with Gasteiger partial charge in [-0.05, 0) is 47.9 Å². The van der Waals surface area contributed by atoms with Crippen molar-refractivity contribution in [3.63, 3.8) is 0 Å². The van der Waals surface area contributed by atoms with Crippen molar-refractivity contribution in [2.75, 3.05) is 0 Å². The lowest BCUT2D eigenvalue weighted by Gasteiger charge is -2.20. The Kier molecular flexibility index (Phi) is 6.86. The maximum atomic E-state index is 13.0. The Morgan fingerprint density at radius 3 is 2.27 bits per heavy atom. The van der Waals surface area contributed by atoms with Crippen molar-refractivity contribution in [3.05, 3.63) is 70.5 Å². The maximum Gasteiger partial charge on any atom is 0.262 e. The third-order valence-electron chi connectivity index (χ3n) is 3.60. The van der Waals surface area contributed by atoms with E-state index in [0.717, 1.165) is 5.56 Å². The Balaban J connectivity index is 1.99. The van der Waals surface area contributed by atoms with Crippen LogP contribution in [0.3, 0.4) is 0 Å². The summed E-state index contributed by atoms with van der Waals surface area (Å²) in [5.41, 5.74) is 3.46. The number of nitrogens with one attached hydrogen (secondary N) is 2. The molecule has 2 aromatic carbocycles. The standard InChI is InChI=1S/C19H19ClFN3O2/c1-12(2)17(23-18(25)14-5-9-16(21)10-6-14)19(26)24-22-11-13-3-7-15(20)8-4-13/h3-12,17H,1-2H3,(H,23,25)(H,24,26)/b22-11+. The summed E-state index contributed by atoms with van der Waals surface area (Å²) in [7, 11) is 0. The molecule has 0 aliphatic carbocycles. The molecule has 7 heteroatoms. The molecule has 0 saturated carbocycles. The zero-order valence-corrected chi connectivity index (χ0v) is 15.1. The molecular formula is C19H19ClFN3O2. The zero-order chi connectivity index (χ0) is 19.1. The second-order valence-electron chi connectivity index (χ2n) is 5.99. The number of carbonyl (C=O) groups is 2. The van der Waals surface area contributed by atoms with Gasteiger partial charge in [-0.3, -0.25) is 9.59 Å². The van der Waals surface area contributed by atoms with E-state index in [-0.39, 0.29) is 11.5 Å². The molecule has 2 aromatic rings. The lowest BCUT2D eigenvalue weighted by atomic mass is 10.0. The van der Waals surface area contributed by atoms with Crippen molar-refractivity contribution in [3.8, 4) is 0 Å². The maximum absolute atomic E-state index is 13.0. The van der Waals surface area contributed by atoms with Crippen LogP contribution in [0.1, 0.15) is 29.8 Å². The van der Waals surface area contributed by atoms with Crippen LogP contribution in [0.5, 0.6) is 0 Å². The molecule has 0 fully saturated rings. The number of carbonyl (C=O) groups excluding carboxylic acids is 2. The van der Waals surface area contributed by atoms with Crippen LogP contribution in [0.25, 0.3) is 0 Å². The van der Waals surface area contributed by atoms with E-state index in [2.05, 4.69) is 15.8 Å². The van der Waals surface area contributed by atoms with Gasteiger partial charge in [0.15, 0.2) is 0 Å². The highest BCUT2D eigenvalue weighted by atomic mass is 35.5. The molecule has 2 N–H and O–H groups in total. The summed E-state index contributed by atoms with van der Waals surface area (Å²) in [4.78, 5) is 24.6. The van der Waals surface area contributed by atoms with E-state index in [9.17, 15) is 14.0 Å². The van der Waals surface area contributed by atoms with E-state index in [1.165, 1.54) is 30.5 Å². The van der Waals surface area contributed by atoms with Crippen LogP contribution in [0, 0.1) is 11.7 Å². The van der Waals surface area contributed by atoms with E-state index in [1.807, 2.05) is 0 Å². The van der Waals surface area contributed by atoms with Crippen molar-refractivity contribution >= 4 is 29.6 Å². The van der Waals surface area contributed by atoms with Gasteiger partial charge in [-0.15, -0.1) is 0 Å². The van der Waals surface area contributed by atoms with Gasteiger partial charge in [-0.1, -0.05) is 37.6 Å². The van der Waals surface area contributed by atoms with E-state index < -0.39 is 23.7 Å². The average molecular weight is 376 g/mol. The molecule has 0 spiro atoms. The monoisotopic (exact) mass is 375 g/mol. The van der Waals surface area contributed by atoms with Gasteiger partial charge in [0.1, 0.15) is 11.9 Å². The molecule has 0 aliphatic heterocycles. The van der Waals surface area contributed by atoms with E-state index >= 15 is 0 Å². The van der Waals surface area contributed by atoms with Crippen LogP contribution in [-0.4, -0.2) is 24.1 Å². The minimum Gasteiger partial charge on any atom is -0.340 e. The average Bonchev–Trinajstić information content (AvgIpc) is 2.61. The molecule has 0 aliphatic rings. The smallest absolute Gasteiger partial charge is 0.262 e. The fourth-order valence-corrected chi connectivity index (χ4v) is 2.28. The lowest BCUT2D eigenvalue weighted by Crippen LogP contribution is -2.48. The molecule has 0 saturated heterocycles. The SMILES string of the molecule is CC(C)C(NC(=O)c1ccc(F)cc1)C(=O)N/N=C/c1ccc(Cl)cc1. The summed E-state index contributed by atoms with van der Waals surface area (Å²) in [5, 5.41) is 7.15. The van der Waals surface area contributed by atoms with Gasteiger partial charge in [0.05, 0.1) is 6.21 Å². The van der Waals surface area contributed by atoms with Crippen molar-refractivity contribution in [1.29, 1.82) is 0 Å². The first-order valence-corrected chi connectivity index (χ1v) is 8.39. The molecule has 0 radical (unpaired) electrons. The summed E-state index contributed by atoms with van der Waals surface area (Å²) >= 11 is 5.80. The first-order valence-electron chi connectivity index (χ1n) is 8.01. The quantitative estimate of drug-likeness (QED) is 0.600. The van der Waals surface area contributed by atoms with Gasteiger partial charge in [0, 0.05) is 10.6 Å². The summed E-state index contributed by atoms with van der Waals surface area (Å²) < 4.78 is 13.0. The second-order valence-corrected chi connectivity index (χ2v) is 6.42. The third-order valence-corrected chi connectivity index (χ3v) is 3.85. The van der Waals surface area contributed by atoms with Gasteiger partial charge in [0.25, 0.3) is 11.8 Å². The number of hydrogen-bond acceptors (Lipinski definition) is 3. The topological polar surface area (TPSA) is 70.6 Å². The molecule has 1 unspecified atom stereocenters. The number of hydrazone groups is 1. The number of nitrogens with zero attached hydrogens (tertiary/aromatic N) is 1. The molecule has 1 atom stereocenters. The predicted octanol–water partition coefficient (Wildman–Crippen LogP) is 3.38. The molecule has 0 heterocycles. The summed E-state index contributed by atoms with van der Waals surface area (Å²) in [6, 6.07) is 11.3. The first kappa shape index (κ1) is 19.6. The normalized spacial score (nSPS) is 12.2. The molecule has 26 heavy (non-hydrogen) atoms. The van der Waals surface area contributed by atoms with Crippen LogP contribution in [-0.2, 0) is 4.79 Å². The largest absolute Gasteiger partial charge is 0.340 e. The van der Waals surface area contributed by atoms with Crippen molar-refractivity contribution in [1.82, 2.24) is 10.7 Å². The molecule has 136 valence electrons.